The molecule has 2 rings (SSSR count). The lowest BCUT2D eigenvalue weighted by Gasteiger charge is -2.31. The number of aryl methyl sites for hydroxylation is 1. The molecule has 3 nitrogen and oxygen atoms in total. The number of likely N-dealkylation sites (tertiary alicyclic amines) is 1. The Bertz CT molecular complexity index is 419. The van der Waals surface area contributed by atoms with Crippen LogP contribution >= 0.6 is 0 Å². The molecule has 0 saturated carbocycles. The van der Waals surface area contributed by atoms with Crippen molar-refractivity contribution in [2.75, 3.05) is 19.6 Å². The average Bonchev–Trinajstić information content (AvgIpc) is 2.48. The second-order valence-corrected chi connectivity index (χ2v) is 5.83. The predicted molar refractivity (Wildman–Crippen MR) is 82.5 cm³/mol. The first-order chi connectivity index (χ1) is 9.69. The Morgan fingerprint density at radius 3 is 2.50 bits per heavy atom. The van der Waals surface area contributed by atoms with E-state index in [9.17, 15) is 4.79 Å². The van der Waals surface area contributed by atoms with Gasteiger partial charge in [-0.2, -0.15) is 0 Å². The van der Waals surface area contributed by atoms with Crippen molar-refractivity contribution in [3.63, 3.8) is 0 Å². The normalized spacial score (nSPS) is 17.1. The molecule has 1 fully saturated rings. The van der Waals surface area contributed by atoms with Crippen LogP contribution in [-0.2, 0) is 11.3 Å². The summed E-state index contributed by atoms with van der Waals surface area (Å²) in [6, 6.07) is 8.74. The summed E-state index contributed by atoms with van der Waals surface area (Å²) in [7, 11) is 0. The Morgan fingerprint density at radius 1 is 1.25 bits per heavy atom. The van der Waals surface area contributed by atoms with Gasteiger partial charge in [0.25, 0.3) is 0 Å². The second kappa shape index (κ2) is 7.44. The highest BCUT2D eigenvalue weighted by Gasteiger charge is 2.24. The summed E-state index contributed by atoms with van der Waals surface area (Å²) in [6.07, 6.45) is 2.99. The molecule has 0 aliphatic carbocycles. The van der Waals surface area contributed by atoms with Crippen LogP contribution in [0.3, 0.4) is 0 Å². The van der Waals surface area contributed by atoms with E-state index in [-0.39, 0.29) is 11.8 Å². The number of amides is 1. The van der Waals surface area contributed by atoms with Crippen LogP contribution < -0.4 is 5.32 Å². The Morgan fingerprint density at radius 2 is 1.90 bits per heavy atom. The summed E-state index contributed by atoms with van der Waals surface area (Å²) >= 11 is 0. The van der Waals surface area contributed by atoms with Gasteiger partial charge < -0.3 is 5.32 Å². The molecule has 0 bridgehead atoms. The molecule has 1 aliphatic heterocycles. The van der Waals surface area contributed by atoms with Crippen molar-refractivity contribution in [1.29, 1.82) is 0 Å². The van der Waals surface area contributed by atoms with Crippen LogP contribution in [0.15, 0.2) is 24.3 Å². The molecule has 1 amide bonds. The summed E-state index contributed by atoms with van der Waals surface area (Å²) in [5, 5.41) is 3.02. The lowest BCUT2D eigenvalue weighted by molar-refractivity contribution is -0.126. The van der Waals surface area contributed by atoms with Crippen molar-refractivity contribution in [3.05, 3.63) is 35.4 Å². The van der Waals surface area contributed by atoms with Crippen molar-refractivity contribution >= 4 is 5.91 Å². The zero-order valence-electron chi connectivity index (χ0n) is 12.7. The van der Waals surface area contributed by atoms with E-state index < -0.39 is 0 Å². The molecule has 0 aromatic heterocycles. The van der Waals surface area contributed by atoms with Crippen molar-refractivity contribution in [2.45, 2.75) is 39.7 Å². The number of hydrogen-bond acceptors (Lipinski definition) is 2. The minimum atomic E-state index is 0.218. The number of piperidine rings is 1. The molecule has 1 aliphatic rings. The van der Waals surface area contributed by atoms with Gasteiger partial charge in [0.2, 0.25) is 5.91 Å². The number of benzene rings is 1. The van der Waals surface area contributed by atoms with E-state index in [1.165, 1.54) is 11.1 Å². The van der Waals surface area contributed by atoms with E-state index in [1.807, 2.05) is 0 Å². The summed E-state index contributed by atoms with van der Waals surface area (Å²) in [4.78, 5) is 14.4. The van der Waals surface area contributed by atoms with E-state index in [1.54, 1.807) is 0 Å². The number of hydrogen-bond donors (Lipinski definition) is 1. The topological polar surface area (TPSA) is 32.3 Å². The van der Waals surface area contributed by atoms with Gasteiger partial charge in [0.1, 0.15) is 0 Å². The number of nitrogens with zero attached hydrogens (tertiary/aromatic N) is 1. The molecule has 1 N–H and O–H groups in total. The first-order valence-corrected chi connectivity index (χ1v) is 7.74. The Labute approximate surface area is 122 Å². The molecule has 1 aromatic carbocycles. The highest BCUT2D eigenvalue weighted by Crippen LogP contribution is 2.19. The average molecular weight is 274 g/mol. The maximum atomic E-state index is 11.9. The molecule has 1 saturated heterocycles. The summed E-state index contributed by atoms with van der Waals surface area (Å²) in [5.74, 6) is 0.470. The monoisotopic (exact) mass is 274 g/mol. The molecule has 110 valence electrons. The zero-order valence-corrected chi connectivity index (χ0v) is 12.7. The van der Waals surface area contributed by atoms with Gasteiger partial charge in [-0.05, 0) is 44.8 Å². The maximum Gasteiger partial charge on any atom is 0.223 e. The van der Waals surface area contributed by atoms with Crippen molar-refractivity contribution in [2.24, 2.45) is 5.92 Å². The van der Waals surface area contributed by atoms with Gasteiger partial charge in [-0.3, -0.25) is 9.69 Å². The minimum absolute atomic E-state index is 0.218. The maximum absolute atomic E-state index is 11.9. The molecule has 0 spiro atoms. The van der Waals surface area contributed by atoms with Gasteiger partial charge in [0.15, 0.2) is 0 Å². The van der Waals surface area contributed by atoms with E-state index >= 15 is 0 Å². The quantitative estimate of drug-likeness (QED) is 0.895. The van der Waals surface area contributed by atoms with E-state index in [2.05, 4.69) is 48.3 Å². The number of nitrogens with one attached hydrogen (secondary N) is 1. The Kier molecular flexibility index (Phi) is 5.60. The lowest BCUT2D eigenvalue weighted by Crippen LogP contribution is -2.40. The van der Waals surface area contributed by atoms with Gasteiger partial charge in [0.05, 0.1) is 0 Å². The fourth-order valence-corrected chi connectivity index (χ4v) is 2.70. The second-order valence-electron chi connectivity index (χ2n) is 5.83. The molecular formula is C17H26N2O. The van der Waals surface area contributed by atoms with Crippen molar-refractivity contribution in [3.8, 4) is 0 Å². The van der Waals surface area contributed by atoms with Crippen molar-refractivity contribution in [1.82, 2.24) is 10.2 Å². The standard InChI is InChI=1S/C17H26N2O/c1-3-10-18-17(20)16-8-11-19(12-9-16)13-15-6-4-14(2)5-7-15/h4-7,16H,3,8-13H2,1-2H3,(H,18,20). The predicted octanol–water partition coefficient (Wildman–Crippen LogP) is 2.73. The molecule has 3 heteroatoms. The third kappa shape index (κ3) is 4.34. The highest BCUT2D eigenvalue weighted by molar-refractivity contribution is 5.78. The van der Waals surface area contributed by atoms with Crippen LogP contribution in [-0.4, -0.2) is 30.4 Å². The molecular weight excluding hydrogens is 248 g/mol. The zero-order chi connectivity index (χ0) is 14.4. The van der Waals surface area contributed by atoms with Gasteiger partial charge in [0, 0.05) is 19.0 Å². The summed E-state index contributed by atoms with van der Waals surface area (Å²) in [6.45, 7) is 8.07. The van der Waals surface area contributed by atoms with Crippen LogP contribution in [0, 0.1) is 12.8 Å². The molecule has 0 unspecified atom stereocenters. The summed E-state index contributed by atoms with van der Waals surface area (Å²) < 4.78 is 0. The minimum Gasteiger partial charge on any atom is -0.356 e. The third-order valence-electron chi connectivity index (χ3n) is 4.03. The Balaban J connectivity index is 1.76. The number of carbonyl (C=O) groups is 1. The highest BCUT2D eigenvalue weighted by atomic mass is 16.1. The van der Waals surface area contributed by atoms with Crippen LogP contribution in [0.1, 0.15) is 37.3 Å². The Hall–Kier alpha value is -1.35. The molecule has 20 heavy (non-hydrogen) atoms. The number of carbonyl (C=O) groups excluding carboxylic acids is 1. The van der Waals surface area contributed by atoms with E-state index in [0.717, 1.165) is 45.4 Å². The molecule has 0 atom stereocenters. The van der Waals surface area contributed by atoms with Gasteiger partial charge in [-0.15, -0.1) is 0 Å². The lowest BCUT2D eigenvalue weighted by atomic mass is 9.95. The van der Waals surface area contributed by atoms with Gasteiger partial charge >= 0.3 is 0 Å². The van der Waals surface area contributed by atoms with Crippen LogP contribution in [0.5, 0.6) is 0 Å². The third-order valence-corrected chi connectivity index (χ3v) is 4.03. The van der Waals surface area contributed by atoms with Gasteiger partial charge in [-0.25, -0.2) is 0 Å². The van der Waals surface area contributed by atoms with Crippen LogP contribution in [0.4, 0.5) is 0 Å². The number of rotatable bonds is 5. The van der Waals surface area contributed by atoms with Crippen molar-refractivity contribution < 1.29 is 4.79 Å². The first-order valence-electron chi connectivity index (χ1n) is 7.74. The molecule has 1 aromatic rings. The van der Waals surface area contributed by atoms with Gasteiger partial charge in [-0.1, -0.05) is 36.8 Å². The van der Waals surface area contributed by atoms with E-state index in [0.29, 0.717) is 0 Å². The molecule has 0 radical (unpaired) electrons. The smallest absolute Gasteiger partial charge is 0.223 e. The SMILES string of the molecule is CCCNC(=O)C1CCN(Cc2ccc(C)cc2)CC1. The summed E-state index contributed by atoms with van der Waals surface area (Å²) in [5.41, 5.74) is 2.67. The van der Waals surface area contributed by atoms with Crippen LogP contribution in [0.2, 0.25) is 0 Å². The van der Waals surface area contributed by atoms with E-state index in [4.69, 9.17) is 0 Å². The molecule has 1 heterocycles. The fraction of sp³-hybridized carbons (Fsp3) is 0.588. The van der Waals surface area contributed by atoms with Crippen LogP contribution in [0.25, 0.3) is 0 Å². The fourth-order valence-electron chi connectivity index (χ4n) is 2.70. The first kappa shape index (κ1) is 15.0. The largest absolute Gasteiger partial charge is 0.356 e.